The van der Waals surface area contributed by atoms with E-state index in [1.807, 2.05) is 0 Å². The summed E-state index contributed by atoms with van der Waals surface area (Å²) < 4.78 is 4.77. The van der Waals surface area contributed by atoms with Gasteiger partial charge in [0.05, 0.1) is 6.61 Å². The lowest BCUT2D eigenvalue weighted by Crippen LogP contribution is -2.06. The minimum absolute atomic E-state index is 0.481. The minimum atomic E-state index is -2.15. The highest BCUT2D eigenvalue weighted by Gasteiger charge is 2.08. The maximum absolute atomic E-state index is 8.52. The van der Waals surface area contributed by atoms with Gasteiger partial charge < -0.3 is 14.3 Å². The van der Waals surface area contributed by atoms with Gasteiger partial charge in [0.2, 0.25) is 0 Å². The Labute approximate surface area is 75.8 Å². The molecule has 0 fully saturated rings. The molecular formula is C8H19O3P. The number of hydrogen-bond acceptors (Lipinski definition) is 3. The van der Waals surface area contributed by atoms with Gasteiger partial charge in [-0.15, -0.1) is 0 Å². The molecule has 0 unspecified atom stereocenters. The third kappa shape index (κ3) is 6.99. The molecule has 0 amide bonds. The van der Waals surface area contributed by atoms with Crippen LogP contribution in [0.4, 0.5) is 0 Å². The molecule has 4 heteroatoms. The Morgan fingerprint density at radius 1 is 1.33 bits per heavy atom. The van der Waals surface area contributed by atoms with Crippen LogP contribution < -0.4 is 0 Å². The number of hydrogen-bond donors (Lipinski definition) is 2. The van der Waals surface area contributed by atoms with E-state index in [-0.39, 0.29) is 0 Å². The molecule has 0 saturated carbocycles. The number of rotatable bonds is 7. The predicted octanol–water partition coefficient (Wildman–Crippen LogP) is 2.43. The van der Waals surface area contributed by atoms with E-state index in [0.29, 0.717) is 12.5 Å². The fourth-order valence-electron chi connectivity index (χ4n) is 1.07. The van der Waals surface area contributed by atoms with Crippen LogP contribution in [0.1, 0.15) is 39.5 Å². The second-order valence-corrected chi connectivity index (χ2v) is 3.73. The zero-order valence-corrected chi connectivity index (χ0v) is 8.76. The Hall–Kier alpha value is 0.310. The quantitative estimate of drug-likeness (QED) is 0.612. The highest BCUT2D eigenvalue weighted by atomic mass is 31.2. The smallest absolute Gasteiger partial charge is 0.327 e. The van der Waals surface area contributed by atoms with E-state index in [9.17, 15) is 0 Å². The Morgan fingerprint density at radius 2 is 2.00 bits per heavy atom. The molecular weight excluding hydrogens is 175 g/mol. The summed E-state index contributed by atoms with van der Waals surface area (Å²) in [5.41, 5.74) is 0. The van der Waals surface area contributed by atoms with Crippen LogP contribution in [-0.2, 0) is 4.52 Å². The zero-order valence-electron chi connectivity index (χ0n) is 7.86. The van der Waals surface area contributed by atoms with Gasteiger partial charge in [-0.05, 0) is 12.3 Å². The summed E-state index contributed by atoms with van der Waals surface area (Å²) in [4.78, 5) is 17.0. The molecule has 0 aromatic heterocycles. The first-order valence-corrected chi connectivity index (χ1v) is 5.68. The Morgan fingerprint density at radius 3 is 2.42 bits per heavy atom. The SMILES string of the molecule is CCCC[C@H](CC)COP(O)O. The van der Waals surface area contributed by atoms with E-state index in [4.69, 9.17) is 14.3 Å². The van der Waals surface area contributed by atoms with Crippen LogP contribution in [0, 0.1) is 5.92 Å². The fourth-order valence-corrected chi connectivity index (χ4v) is 1.41. The largest absolute Gasteiger partial charge is 0.328 e. The van der Waals surface area contributed by atoms with Crippen molar-refractivity contribution in [3.63, 3.8) is 0 Å². The van der Waals surface area contributed by atoms with Gasteiger partial charge in [-0.2, -0.15) is 0 Å². The van der Waals surface area contributed by atoms with Gasteiger partial charge in [0.25, 0.3) is 0 Å². The highest BCUT2D eigenvalue weighted by molar-refractivity contribution is 7.39. The van der Waals surface area contributed by atoms with Crippen molar-refractivity contribution in [2.45, 2.75) is 39.5 Å². The van der Waals surface area contributed by atoms with Crippen LogP contribution in [0.25, 0.3) is 0 Å². The monoisotopic (exact) mass is 194 g/mol. The van der Waals surface area contributed by atoms with Crippen LogP contribution in [0.5, 0.6) is 0 Å². The highest BCUT2D eigenvalue weighted by Crippen LogP contribution is 2.27. The van der Waals surface area contributed by atoms with Crippen molar-refractivity contribution >= 4 is 8.60 Å². The normalized spacial score (nSPS) is 13.8. The molecule has 0 radical (unpaired) electrons. The van der Waals surface area contributed by atoms with Crippen molar-refractivity contribution in [1.82, 2.24) is 0 Å². The molecule has 0 bridgehead atoms. The molecule has 0 saturated heterocycles. The summed E-state index contributed by atoms with van der Waals surface area (Å²) in [5, 5.41) is 0. The molecule has 0 rings (SSSR count). The lowest BCUT2D eigenvalue weighted by Gasteiger charge is -2.14. The van der Waals surface area contributed by atoms with Gasteiger partial charge in [0.15, 0.2) is 0 Å². The Bertz CT molecular complexity index is 98.3. The second-order valence-electron chi connectivity index (χ2n) is 2.97. The van der Waals surface area contributed by atoms with E-state index in [1.54, 1.807) is 0 Å². The average Bonchev–Trinajstić information content (AvgIpc) is 2.05. The first-order valence-electron chi connectivity index (χ1n) is 4.51. The van der Waals surface area contributed by atoms with E-state index >= 15 is 0 Å². The predicted molar refractivity (Wildman–Crippen MR) is 50.6 cm³/mol. The van der Waals surface area contributed by atoms with Gasteiger partial charge in [-0.25, -0.2) is 0 Å². The standard InChI is InChI=1S/C8H19O3P/c1-3-5-6-8(4-2)7-11-12(9)10/h8-10H,3-7H2,1-2H3/t8-/m0/s1. The van der Waals surface area contributed by atoms with Crippen molar-refractivity contribution in [3.05, 3.63) is 0 Å². The van der Waals surface area contributed by atoms with Crippen LogP contribution >= 0.6 is 8.60 Å². The molecule has 0 spiro atoms. The lowest BCUT2D eigenvalue weighted by molar-refractivity contribution is 0.201. The molecule has 12 heavy (non-hydrogen) atoms. The summed E-state index contributed by atoms with van der Waals surface area (Å²) >= 11 is 0. The summed E-state index contributed by atoms with van der Waals surface area (Å²) in [6.07, 6.45) is 4.54. The van der Waals surface area contributed by atoms with Crippen LogP contribution in [0.3, 0.4) is 0 Å². The molecule has 0 aliphatic rings. The first-order chi connectivity index (χ1) is 5.70. The Kier molecular flexibility index (Phi) is 8.14. The molecule has 3 nitrogen and oxygen atoms in total. The Balaban J connectivity index is 3.39. The van der Waals surface area contributed by atoms with Crippen molar-refractivity contribution in [3.8, 4) is 0 Å². The summed E-state index contributed by atoms with van der Waals surface area (Å²) in [7, 11) is -2.15. The van der Waals surface area contributed by atoms with E-state index in [1.165, 1.54) is 12.8 Å². The molecule has 0 aromatic carbocycles. The van der Waals surface area contributed by atoms with Gasteiger partial charge in [0.1, 0.15) is 0 Å². The molecule has 74 valence electrons. The van der Waals surface area contributed by atoms with Gasteiger partial charge >= 0.3 is 8.60 Å². The zero-order chi connectivity index (χ0) is 9.40. The van der Waals surface area contributed by atoms with Gasteiger partial charge in [-0.3, -0.25) is 0 Å². The van der Waals surface area contributed by atoms with Gasteiger partial charge in [-0.1, -0.05) is 33.1 Å². The van der Waals surface area contributed by atoms with Crippen LogP contribution in [0.2, 0.25) is 0 Å². The van der Waals surface area contributed by atoms with Crippen LogP contribution in [-0.4, -0.2) is 16.4 Å². The third-order valence-electron chi connectivity index (χ3n) is 1.97. The fraction of sp³-hybridized carbons (Fsp3) is 1.00. The topological polar surface area (TPSA) is 49.7 Å². The van der Waals surface area contributed by atoms with Crippen molar-refractivity contribution in [2.24, 2.45) is 5.92 Å². The van der Waals surface area contributed by atoms with Crippen LogP contribution in [0.15, 0.2) is 0 Å². The van der Waals surface area contributed by atoms with Crippen molar-refractivity contribution < 1.29 is 14.3 Å². The van der Waals surface area contributed by atoms with Crippen molar-refractivity contribution in [1.29, 1.82) is 0 Å². The third-order valence-corrected chi connectivity index (χ3v) is 2.35. The summed E-state index contributed by atoms with van der Waals surface area (Å²) in [6, 6.07) is 0. The first kappa shape index (κ1) is 12.3. The summed E-state index contributed by atoms with van der Waals surface area (Å²) in [6.45, 7) is 4.73. The molecule has 0 aromatic rings. The molecule has 1 atom stereocenters. The van der Waals surface area contributed by atoms with Gasteiger partial charge in [0, 0.05) is 0 Å². The van der Waals surface area contributed by atoms with E-state index in [0.717, 1.165) is 12.8 Å². The molecule has 0 aliphatic heterocycles. The second kappa shape index (κ2) is 7.93. The van der Waals surface area contributed by atoms with E-state index in [2.05, 4.69) is 13.8 Å². The lowest BCUT2D eigenvalue weighted by atomic mass is 10.0. The molecule has 0 aliphatic carbocycles. The molecule has 2 N–H and O–H groups in total. The number of unbranched alkanes of at least 4 members (excludes halogenated alkanes) is 1. The van der Waals surface area contributed by atoms with Crippen molar-refractivity contribution in [2.75, 3.05) is 6.61 Å². The summed E-state index contributed by atoms with van der Waals surface area (Å²) in [5.74, 6) is 0.481. The average molecular weight is 194 g/mol. The maximum atomic E-state index is 8.52. The van der Waals surface area contributed by atoms with E-state index < -0.39 is 8.60 Å². The maximum Gasteiger partial charge on any atom is 0.327 e. The molecule has 0 heterocycles. The minimum Gasteiger partial charge on any atom is -0.328 e.